The second-order valence-corrected chi connectivity index (χ2v) is 7.65. The lowest BCUT2D eigenvalue weighted by Crippen LogP contribution is -2.11. The molecule has 0 saturated heterocycles. The molecule has 1 N–H and O–H groups in total. The number of benzene rings is 2. The van der Waals surface area contributed by atoms with Crippen LogP contribution in [0.2, 0.25) is 5.02 Å². The Kier molecular flexibility index (Phi) is 3.82. The monoisotopic (exact) mass is 355 g/mol. The molecule has 0 fully saturated rings. The summed E-state index contributed by atoms with van der Waals surface area (Å²) in [7, 11) is -3.88. The first kappa shape index (κ1) is 15.2. The van der Waals surface area contributed by atoms with E-state index in [4.69, 9.17) is 11.6 Å². The Morgan fingerprint density at radius 3 is 2.36 bits per heavy atom. The minimum absolute atomic E-state index is 0.0416. The van der Waals surface area contributed by atoms with E-state index in [0.717, 1.165) is 10.2 Å². The van der Waals surface area contributed by atoms with Crippen molar-refractivity contribution in [2.24, 2.45) is 0 Å². The maximum absolute atomic E-state index is 12.7. The molecule has 5 nitrogen and oxygen atoms in total. The van der Waals surface area contributed by atoms with E-state index in [-0.39, 0.29) is 25.7 Å². The zero-order chi connectivity index (χ0) is 15.9. The van der Waals surface area contributed by atoms with Gasteiger partial charge in [0.2, 0.25) is 0 Å². The van der Waals surface area contributed by atoms with Crippen LogP contribution in [-0.2, 0) is 21.1 Å². The van der Waals surface area contributed by atoms with Crippen molar-refractivity contribution in [3.8, 4) is 0 Å². The summed E-state index contributed by atoms with van der Waals surface area (Å²) in [6.45, 7) is 0. The van der Waals surface area contributed by atoms with Gasteiger partial charge in [-0.1, -0.05) is 35.9 Å². The molecule has 22 heavy (non-hydrogen) atoms. The van der Waals surface area contributed by atoms with Gasteiger partial charge in [0.05, 0.1) is 20.3 Å². The Morgan fingerprint density at radius 2 is 1.73 bits per heavy atom. The van der Waals surface area contributed by atoms with Crippen LogP contribution in [-0.4, -0.2) is 21.2 Å². The number of hydrogen-bond donors (Lipinski definition) is 1. The molecule has 0 radical (unpaired) electrons. The van der Waals surface area contributed by atoms with Gasteiger partial charge in [-0.2, -0.15) is 0 Å². The van der Waals surface area contributed by atoms with E-state index >= 15 is 0 Å². The average Bonchev–Trinajstić information content (AvgIpc) is 2.90. The van der Waals surface area contributed by atoms with Crippen molar-refractivity contribution in [3.05, 3.63) is 59.8 Å². The Hall–Kier alpha value is -1.67. The summed E-state index contributed by atoms with van der Waals surface area (Å²) in [5, 5.41) is 0.474. The van der Waals surface area contributed by atoms with Gasteiger partial charge in [0.1, 0.15) is 0 Å². The van der Waals surface area contributed by atoms with Crippen molar-refractivity contribution in [3.63, 3.8) is 0 Å². The molecule has 1 heterocycles. The first-order chi connectivity index (χ1) is 10.4. The smallest absolute Gasteiger partial charge is 0.268 e. The van der Waals surface area contributed by atoms with E-state index in [1.807, 2.05) is 0 Å². The summed E-state index contributed by atoms with van der Waals surface area (Å²) in [6.07, 6.45) is 1.13. The fraction of sp³-hybridized carbons (Fsp3) is 0. The molecule has 2 aromatic carbocycles. The topological polar surface area (TPSA) is 76.4 Å². The predicted molar refractivity (Wildman–Crippen MR) is 85.0 cm³/mol. The van der Waals surface area contributed by atoms with Gasteiger partial charge in [-0.3, -0.25) is 0 Å². The van der Waals surface area contributed by atoms with Crippen molar-refractivity contribution in [1.82, 2.24) is 3.97 Å². The van der Waals surface area contributed by atoms with Crippen LogP contribution in [0.4, 0.5) is 0 Å². The maximum Gasteiger partial charge on any atom is 0.268 e. The second kappa shape index (κ2) is 5.51. The standard InChI is InChI=1S/C14H10ClNO4S2/c15-11-7-4-8-12-14(11)13(21(17)18)9-16(12)22(19,20)10-5-2-1-3-6-10/h1-9H,(H,17,18). The van der Waals surface area contributed by atoms with E-state index < -0.39 is 21.1 Å². The Labute approximate surface area is 134 Å². The SMILES string of the molecule is O=S(O)c1cn(S(=O)(=O)c2ccccc2)c2cccc(Cl)c12. The van der Waals surface area contributed by atoms with E-state index in [1.54, 1.807) is 30.3 Å². The summed E-state index contributed by atoms with van der Waals surface area (Å²) in [4.78, 5) is 0.0438. The number of halogens is 1. The highest BCUT2D eigenvalue weighted by Crippen LogP contribution is 2.32. The lowest BCUT2D eigenvalue weighted by Gasteiger charge is -2.07. The van der Waals surface area contributed by atoms with Gasteiger partial charge in [-0.05, 0) is 24.3 Å². The minimum Gasteiger partial charge on any atom is -0.302 e. The molecule has 3 rings (SSSR count). The third-order valence-electron chi connectivity index (χ3n) is 3.20. The van der Waals surface area contributed by atoms with Crippen LogP contribution in [0.5, 0.6) is 0 Å². The fourth-order valence-electron chi connectivity index (χ4n) is 2.22. The molecule has 1 atom stereocenters. The number of fused-ring (bicyclic) bond motifs is 1. The first-order valence-electron chi connectivity index (χ1n) is 6.14. The van der Waals surface area contributed by atoms with Gasteiger partial charge in [0.25, 0.3) is 10.0 Å². The molecular formula is C14H10ClNO4S2. The van der Waals surface area contributed by atoms with Crippen molar-refractivity contribution in [2.45, 2.75) is 9.79 Å². The molecule has 8 heteroatoms. The number of hydrogen-bond acceptors (Lipinski definition) is 3. The Bertz CT molecular complexity index is 981. The van der Waals surface area contributed by atoms with Crippen molar-refractivity contribution >= 4 is 43.6 Å². The van der Waals surface area contributed by atoms with Crippen LogP contribution in [0.15, 0.2) is 64.5 Å². The third kappa shape index (κ3) is 2.36. The Morgan fingerprint density at radius 1 is 1.05 bits per heavy atom. The van der Waals surface area contributed by atoms with E-state index in [2.05, 4.69) is 0 Å². The fourth-order valence-corrected chi connectivity index (χ4v) is 4.58. The van der Waals surface area contributed by atoms with Crippen molar-refractivity contribution in [1.29, 1.82) is 0 Å². The molecule has 114 valence electrons. The van der Waals surface area contributed by atoms with Crippen LogP contribution in [0.1, 0.15) is 0 Å². The van der Waals surface area contributed by atoms with Gasteiger partial charge in [0.15, 0.2) is 11.1 Å². The molecule has 0 saturated carbocycles. The van der Waals surface area contributed by atoms with Crippen molar-refractivity contribution < 1.29 is 17.2 Å². The van der Waals surface area contributed by atoms with Crippen molar-refractivity contribution in [2.75, 3.05) is 0 Å². The molecule has 3 aromatic rings. The zero-order valence-corrected chi connectivity index (χ0v) is 13.4. The largest absolute Gasteiger partial charge is 0.302 e. The third-order valence-corrected chi connectivity index (χ3v) is 5.89. The van der Waals surface area contributed by atoms with Crippen LogP contribution in [0, 0.1) is 0 Å². The van der Waals surface area contributed by atoms with Crippen LogP contribution in [0.25, 0.3) is 10.9 Å². The van der Waals surface area contributed by atoms with Gasteiger partial charge >= 0.3 is 0 Å². The summed E-state index contributed by atoms with van der Waals surface area (Å²) in [6, 6.07) is 12.5. The van der Waals surface area contributed by atoms with Gasteiger partial charge in [-0.25, -0.2) is 16.6 Å². The molecule has 0 bridgehead atoms. The lowest BCUT2D eigenvalue weighted by atomic mass is 10.2. The minimum atomic E-state index is -3.88. The average molecular weight is 356 g/mol. The quantitative estimate of drug-likeness (QED) is 0.732. The normalized spacial score (nSPS) is 13.4. The van der Waals surface area contributed by atoms with Gasteiger partial charge in [0, 0.05) is 11.6 Å². The summed E-state index contributed by atoms with van der Waals surface area (Å²) < 4.78 is 47.3. The molecule has 0 aliphatic rings. The molecule has 0 amide bonds. The van der Waals surface area contributed by atoms with Gasteiger partial charge < -0.3 is 4.55 Å². The van der Waals surface area contributed by atoms with E-state index in [9.17, 15) is 17.2 Å². The summed E-state index contributed by atoms with van der Waals surface area (Å²) in [5.74, 6) is 0. The number of nitrogens with zero attached hydrogens (tertiary/aromatic N) is 1. The summed E-state index contributed by atoms with van der Waals surface area (Å²) >= 11 is 3.71. The molecule has 0 aliphatic heterocycles. The highest BCUT2D eigenvalue weighted by atomic mass is 35.5. The highest BCUT2D eigenvalue weighted by Gasteiger charge is 2.23. The first-order valence-corrected chi connectivity index (χ1v) is 9.06. The molecule has 1 aromatic heterocycles. The number of aromatic nitrogens is 1. The zero-order valence-electron chi connectivity index (χ0n) is 11.0. The molecule has 1 unspecified atom stereocenters. The second-order valence-electron chi connectivity index (χ2n) is 4.49. The maximum atomic E-state index is 12.7. The van der Waals surface area contributed by atoms with Crippen LogP contribution < -0.4 is 0 Å². The lowest BCUT2D eigenvalue weighted by molar-refractivity contribution is 0.565. The van der Waals surface area contributed by atoms with Gasteiger partial charge in [-0.15, -0.1) is 0 Å². The van der Waals surface area contributed by atoms with Crippen LogP contribution in [0.3, 0.4) is 0 Å². The van der Waals surface area contributed by atoms with E-state index in [0.29, 0.717) is 0 Å². The van der Waals surface area contributed by atoms with Crippen LogP contribution >= 0.6 is 11.6 Å². The Balaban J connectivity index is 2.38. The number of rotatable bonds is 3. The predicted octanol–water partition coefficient (Wildman–Crippen LogP) is 3.11. The molecule has 0 spiro atoms. The highest BCUT2D eigenvalue weighted by molar-refractivity contribution is 7.90. The van der Waals surface area contributed by atoms with E-state index in [1.165, 1.54) is 18.2 Å². The summed E-state index contributed by atoms with van der Waals surface area (Å²) in [5.41, 5.74) is 0.258. The molecular weight excluding hydrogens is 346 g/mol. The molecule has 0 aliphatic carbocycles.